The zero-order chi connectivity index (χ0) is 24.3. The van der Waals surface area contributed by atoms with Crippen LogP contribution in [0.15, 0.2) is 128 Å². The highest BCUT2D eigenvalue weighted by Gasteiger charge is 2.15. The second-order valence-electron chi connectivity index (χ2n) is 8.42. The highest BCUT2D eigenvalue weighted by Crippen LogP contribution is 2.31. The topological polar surface area (TPSA) is 59.8 Å². The molecule has 5 nitrogen and oxygen atoms in total. The van der Waals surface area contributed by atoms with E-state index in [1.165, 1.54) is 0 Å². The number of nitrogens with zero attached hydrogens (tertiary/aromatic N) is 3. The normalized spacial score (nSPS) is 10.9. The fraction of sp³-hybridized carbons (Fsp3) is 0. The predicted molar refractivity (Wildman–Crippen MR) is 144 cm³/mol. The summed E-state index contributed by atoms with van der Waals surface area (Å²) in [6, 6.07) is 37.1. The van der Waals surface area contributed by atoms with Crippen LogP contribution in [0.1, 0.15) is 10.4 Å². The van der Waals surface area contributed by atoms with E-state index in [2.05, 4.69) is 5.32 Å². The van der Waals surface area contributed by atoms with E-state index in [-0.39, 0.29) is 5.91 Å². The zero-order valence-electron chi connectivity index (χ0n) is 19.4. The Bertz CT molecular complexity index is 1660. The second kappa shape index (κ2) is 9.31. The minimum atomic E-state index is -0.202. The molecule has 36 heavy (non-hydrogen) atoms. The van der Waals surface area contributed by atoms with Crippen molar-refractivity contribution in [1.29, 1.82) is 0 Å². The Kier molecular flexibility index (Phi) is 5.56. The van der Waals surface area contributed by atoms with Gasteiger partial charge in [-0.25, -0.2) is 9.97 Å². The van der Waals surface area contributed by atoms with Gasteiger partial charge in [0.15, 0.2) is 0 Å². The van der Waals surface area contributed by atoms with Crippen LogP contribution in [0.25, 0.3) is 39.2 Å². The van der Waals surface area contributed by atoms with Crippen molar-refractivity contribution in [1.82, 2.24) is 14.5 Å². The van der Waals surface area contributed by atoms with Gasteiger partial charge in [0, 0.05) is 29.1 Å². The van der Waals surface area contributed by atoms with Crippen LogP contribution < -0.4 is 5.32 Å². The van der Waals surface area contributed by atoms with E-state index in [9.17, 15) is 4.79 Å². The Labute approximate surface area is 208 Å². The van der Waals surface area contributed by atoms with Gasteiger partial charge in [0.1, 0.15) is 0 Å². The summed E-state index contributed by atoms with van der Waals surface area (Å²) in [4.78, 5) is 23.2. The molecule has 0 aliphatic rings. The van der Waals surface area contributed by atoms with Gasteiger partial charge >= 0.3 is 0 Å². The molecule has 0 aliphatic heterocycles. The molecule has 1 N–H and O–H groups in total. The van der Waals surface area contributed by atoms with Crippen molar-refractivity contribution in [3.8, 4) is 28.2 Å². The first-order valence-electron chi connectivity index (χ1n) is 11.7. The Morgan fingerprint density at radius 2 is 1.19 bits per heavy atom. The molecule has 0 fully saturated rings. The van der Waals surface area contributed by atoms with Crippen molar-refractivity contribution in [3.05, 3.63) is 133 Å². The molecule has 0 spiro atoms. The molecule has 6 rings (SSSR count). The van der Waals surface area contributed by atoms with Crippen molar-refractivity contribution in [3.63, 3.8) is 0 Å². The largest absolute Gasteiger partial charge is 0.322 e. The van der Waals surface area contributed by atoms with E-state index >= 15 is 0 Å². The number of aromatic nitrogens is 3. The number of benzene rings is 4. The summed E-state index contributed by atoms with van der Waals surface area (Å²) in [5.41, 5.74) is 7.11. The smallest absolute Gasteiger partial charge is 0.255 e. The molecule has 0 unspecified atom stereocenters. The monoisotopic (exact) mass is 466 g/mol. The lowest BCUT2D eigenvalue weighted by Crippen LogP contribution is -2.13. The third-order valence-corrected chi connectivity index (χ3v) is 6.06. The van der Waals surface area contributed by atoms with Gasteiger partial charge < -0.3 is 9.88 Å². The molecule has 0 saturated carbocycles. The molecule has 2 heterocycles. The first-order chi connectivity index (χ1) is 17.8. The summed E-state index contributed by atoms with van der Waals surface area (Å²) in [6.45, 7) is 0. The summed E-state index contributed by atoms with van der Waals surface area (Å²) in [5.74, 6) is -0.202. The van der Waals surface area contributed by atoms with Crippen LogP contribution in [0.4, 0.5) is 5.69 Å². The average Bonchev–Trinajstić information content (AvgIpc) is 3.48. The van der Waals surface area contributed by atoms with Crippen LogP contribution in [0.3, 0.4) is 0 Å². The molecule has 0 saturated heterocycles. The number of anilines is 1. The van der Waals surface area contributed by atoms with Crippen molar-refractivity contribution in [2.45, 2.75) is 0 Å². The number of carbonyl (C=O) groups excluding carboxylic acids is 1. The van der Waals surface area contributed by atoms with Crippen molar-refractivity contribution < 1.29 is 4.79 Å². The molecular weight excluding hydrogens is 444 g/mol. The third kappa shape index (κ3) is 4.14. The lowest BCUT2D eigenvalue weighted by Gasteiger charge is -2.13. The number of nitrogens with one attached hydrogen (secondary N) is 1. The molecule has 172 valence electrons. The zero-order valence-corrected chi connectivity index (χ0v) is 19.4. The van der Waals surface area contributed by atoms with Crippen molar-refractivity contribution in [2.24, 2.45) is 0 Å². The van der Waals surface area contributed by atoms with E-state index in [1.807, 2.05) is 120 Å². The van der Waals surface area contributed by atoms with E-state index in [4.69, 9.17) is 9.97 Å². The summed E-state index contributed by atoms with van der Waals surface area (Å²) in [7, 11) is 0. The number of amides is 1. The molecule has 2 aromatic heterocycles. The van der Waals surface area contributed by atoms with E-state index in [0.717, 1.165) is 39.4 Å². The Morgan fingerprint density at radius 1 is 0.611 bits per heavy atom. The standard InChI is InChI=1S/C31H22N4O/c36-31(34-26-15-7-8-16-28(26)35-19-9-10-20-35)24-17-18-25-27(21-24)33-30(23-13-5-2-6-14-23)29(32-25)22-11-3-1-4-12-22/h1-21H,(H,34,36). The third-order valence-electron chi connectivity index (χ3n) is 6.06. The molecule has 0 atom stereocenters. The van der Waals surface area contributed by atoms with E-state index in [0.29, 0.717) is 11.1 Å². The first kappa shape index (κ1) is 21.5. The lowest BCUT2D eigenvalue weighted by molar-refractivity contribution is 0.102. The minimum Gasteiger partial charge on any atom is -0.322 e. The van der Waals surface area contributed by atoms with Gasteiger partial charge in [0.2, 0.25) is 0 Å². The molecule has 1 amide bonds. The van der Waals surface area contributed by atoms with Gasteiger partial charge in [-0.05, 0) is 42.5 Å². The summed E-state index contributed by atoms with van der Waals surface area (Å²) >= 11 is 0. The molecular formula is C31H22N4O. The first-order valence-corrected chi connectivity index (χ1v) is 11.7. The van der Waals surface area contributed by atoms with Crippen LogP contribution in [0, 0.1) is 0 Å². The van der Waals surface area contributed by atoms with Crippen LogP contribution in [0.5, 0.6) is 0 Å². The molecule has 0 radical (unpaired) electrons. The van der Waals surface area contributed by atoms with Crippen molar-refractivity contribution in [2.75, 3.05) is 5.32 Å². The number of hydrogen-bond acceptors (Lipinski definition) is 3. The highest BCUT2D eigenvalue weighted by molar-refractivity contribution is 6.07. The maximum atomic E-state index is 13.3. The number of para-hydroxylation sites is 2. The number of rotatable bonds is 5. The van der Waals surface area contributed by atoms with Crippen LogP contribution >= 0.6 is 0 Å². The average molecular weight is 467 g/mol. The number of hydrogen-bond donors (Lipinski definition) is 1. The van der Waals surface area contributed by atoms with Gasteiger partial charge in [-0.2, -0.15) is 0 Å². The number of carbonyl (C=O) groups is 1. The molecule has 6 aromatic rings. The second-order valence-corrected chi connectivity index (χ2v) is 8.42. The van der Waals surface area contributed by atoms with Crippen LogP contribution in [-0.4, -0.2) is 20.4 Å². The van der Waals surface area contributed by atoms with Gasteiger partial charge in [0.25, 0.3) is 5.91 Å². The van der Waals surface area contributed by atoms with E-state index in [1.54, 1.807) is 12.1 Å². The molecule has 0 bridgehead atoms. The Hall–Kier alpha value is -5.03. The quantitative estimate of drug-likeness (QED) is 0.297. The van der Waals surface area contributed by atoms with Gasteiger partial charge in [-0.15, -0.1) is 0 Å². The van der Waals surface area contributed by atoms with Gasteiger partial charge in [0.05, 0.1) is 33.8 Å². The van der Waals surface area contributed by atoms with Gasteiger partial charge in [-0.3, -0.25) is 4.79 Å². The molecule has 0 aliphatic carbocycles. The lowest BCUT2D eigenvalue weighted by atomic mass is 10.0. The van der Waals surface area contributed by atoms with Crippen LogP contribution in [0.2, 0.25) is 0 Å². The predicted octanol–water partition coefficient (Wildman–Crippen LogP) is 7.01. The van der Waals surface area contributed by atoms with Gasteiger partial charge in [-0.1, -0.05) is 72.8 Å². The molecule has 4 aromatic carbocycles. The van der Waals surface area contributed by atoms with Crippen LogP contribution in [-0.2, 0) is 0 Å². The fourth-order valence-corrected chi connectivity index (χ4v) is 4.28. The van der Waals surface area contributed by atoms with E-state index < -0.39 is 0 Å². The number of fused-ring (bicyclic) bond motifs is 1. The summed E-state index contributed by atoms with van der Waals surface area (Å²) in [5, 5.41) is 3.06. The minimum absolute atomic E-state index is 0.202. The maximum Gasteiger partial charge on any atom is 0.255 e. The Balaban J connectivity index is 1.41. The SMILES string of the molecule is O=C(Nc1ccccc1-n1cccc1)c1ccc2nc(-c3ccccc3)c(-c3ccccc3)nc2c1. The molecule has 5 heteroatoms. The summed E-state index contributed by atoms with van der Waals surface area (Å²) in [6.07, 6.45) is 3.90. The summed E-state index contributed by atoms with van der Waals surface area (Å²) < 4.78 is 1.97. The Morgan fingerprint density at radius 3 is 1.86 bits per heavy atom. The highest BCUT2D eigenvalue weighted by atomic mass is 16.1. The maximum absolute atomic E-state index is 13.3. The van der Waals surface area contributed by atoms with Crippen molar-refractivity contribution >= 4 is 22.6 Å². The fourth-order valence-electron chi connectivity index (χ4n) is 4.28.